The second kappa shape index (κ2) is 6.55. The van der Waals surface area contributed by atoms with Crippen LogP contribution in [0.15, 0.2) is 18.5 Å². The highest BCUT2D eigenvalue weighted by Gasteiger charge is 2.41. The molecular weight excluding hydrogens is 248 g/mol. The molecule has 1 aromatic rings. The lowest BCUT2D eigenvalue weighted by Crippen LogP contribution is -2.60. The summed E-state index contributed by atoms with van der Waals surface area (Å²) in [6.07, 6.45) is 11.1. The van der Waals surface area contributed by atoms with E-state index in [1.165, 1.54) is 32.1 Å². The van der Waals surface area contributed by atoms with Crippen molar-refractivity contribution in [2.45, 2.75) is 50.1 Å². The maximum Gasteiger partial charge on any atom is 0.0378 e. The van der Waals surface area contributed by atoms with Gasteiger partial charge in [0.1, 0.15) is 0 Å². The molecule has 0 aliphatic heterocycles. The topological polar surface area (TPSA) is 54.2 Å². The maximum atomic E-state index is 6.09. The molecule has 1 heterocycles. The Morgan fingerprint density at radius 2 is 2.05 bits per heavy atom. The van der Waals surface area contributed by atoms with Crippen LogP contribution in [0.4, 0.5) is 5.69 Å². The molecule has 1 atom stereocenters. The number of nitrogens with zero attached hydrogens (tertiary/aromatic N) is 2. The quantitative estimate of drug-likeness (QED) is 0.864. The predicted octanol–water partition coefficient (Wildman–Crippen LogP) is 2.06. The normalized spacial score (nSPS) is 20.0. The lowest BCUT2D eigenvalue weighted by atomic mass is 9.73. The summed E-state index contributed by atoms with van der Waals surface area (Å²) < 4.78 is 0. The first-order chi connectivity index (χ1) is 9.60. The van der Waals surface area contributed by atoms with Gasteiger partial charge in [-0.05, 0) is 52.0 Å². The van der Waals surface area contributed by atoms with Crippen LogP contribution in [0, 0.1) is 0 Å². The van der Waals surface area contributed by atoms with Gasteiger partial charge in [0.15, 0.2) is 0 Å². The van der Waals surface area contributed by atoms with Crippen molar-refractivity contribution >= 4 is 5.69 Å². The van der Waals surface area contributed by atoms with Crippen LogP contribution in [-0.2, 0) is 6.42 Å². The summed E-state index contributed by atoms with van der Waals surface area (Å²) in [5.41, 5.74) is 8.33. The van der Waals surface area contributed by atoms with Crippen molar-refractivity contribution in [1.82, 2.24) is 15.2 Å². The number of hydrogen-bond donors (Lipinski definition) is 2. The van der Waals surface area contributed by atoms with E-state index >= 15 is 0 Å². The van der Waals surface area contributed by atoms with E-state index in [2.05, 4.69) is 36.3 Å². The highest BCUT2D eigenvalue weighted by atomic mass is 15.2. The average Bonchev–Trinajstić information content (AvgIpc) is 2.47. The van der Waals surface area contributed by atoms with E-state index in [4.69, 9.17) is 5.73 Å². The van der Waals surface area contributed by atoms with Crippen LogP contribution in [-0.4, -0.2) is 42.6 Å². The van der Waals surface area contributed by atoms with Gasteiger partial charge < -0.3 is 16.0 Å². The molecule has 0 bridgehead atoms. The minimum Gasteiger partial charge on any atom is -0.398 e. The van der Waals surface area contributed by atoms with Gasteiger partial charge in [0.25, 0.3) is 0 Å². The molecule has 1 fully saturated rings. The van der Waals surface area contributed by atoms with E-state index in [0.717, 1.165) is 17.7 Å². The van der Waals surface area contributed by atoms with Crippen molar-refractivity contribution < 1.29 is 0 Å². The van der Waals surface area contributed by atoms with Gasteiger partial charge in [-0.1, -0.05) is 19.3 Å². The van der Waals surface area contributed by atoms with Crippen LogP contribution in [0.25, 0.3) is 0 Å². The minimum absolute atomic E-state index is 0.231. The second-order valence-electron chi connectivity index (χ2n) is 6.18. The summed E-state index contributed by atoms with van der Waals surface area (Å²) in [4.78, 5) is 6.64. The predicted molar refractivity (Wildman–Crippen MR) is 84.7 cm³/mol. The summed E-state index contributed by atoms with van der Waals surface area (Å²) in [7, 11) is 6.49. The van der Waals surface area contributed by atoms with E-state index in [-0.39, 0.29) is 5.54 Å². The average molecular weight is 276 g/mol. The van der Waals surface area contributed by atoms with Crippen LogP contribution in [0.1, 0.15) is 37.7 Å². The molecule has 1 unspecified atom stereocenters. The molecule has 2 rings (SSSR count). The Balaban J connectivity index is 2.23. The fourth-order valence-electron chi connectivity index (χ4n) is 3.66. The summed E-state index contributed by atoms with van der Waals surface area (Å²) in [6, 6.07) is 2.30. The van der Waals surface area contributed by atoms with Crippen molar-refractivity contribution in [3.05, 3.63) is 24.0 Å². The van der Waals surface area contributed by atoms with Crippen molar-refractivity contribution in [3.8, 4) is 0 Å². The Bertz CT molecular complexity index is 424. The first-order valence-corrected chi connectivity index (χ1v) is 7.63. The minimum atomic E-state index is 0.231. The third kappa shape index (κ3) is 2.96. The van der Waals surface area contributed by atoms with Gasteiger partial charge in [-0.3, -0.25) is 4.98 Å². The highest BCUT2D eigenvalue weighted by molar-refractivity contribution is 5.45. The Kier molecular flexibility index (Phi) is 5.00. The van der Waals surface area contributed by atoms with Crippen LogP contribution in [0.5, 0.6) is 0 Å². The Hall–Kier alpha value is -1.13. The van der Waals surface area contributed by atoms with E-state index in [1.807, 2.05) is 12.3 Å². The van der Waals surface area contributed by atoms with Crippen LogP contribution in [0.2, 0.25) is 0 Å². The van der Waals surface area contributed by atoms with Crippen molar-refractivity contribution in [3.63, 3.8) is 0 Å². The lowest BCUT2D eigenvalue weighted by molar-refractivity contribution is 0.0598. The van der Waals surface area contributed by atoms with Crippen LogP contribution >= 0.6 is 0 Å². The number of nitrogens with two attached hydrogens (primary N) is 1. The summed E-state index contributed by atoms with van der Waals surface area (Å²) in [6.45, 7) is 0. The Morgan fingerprint density at radius 1 is 1.35 bits per heavy atom. The Morgan fingerprint density at radius 3 is 2.60 bits per heavy atom. The van der Waals surface area contributed by atoms with Gasteiger partial charge in [-0.2, -0.15) is 0 Å². The fraction of sp³-hybridized carbons (Fsp3) is 0.688. The molecule has 112 valence electrons. The molecule has 0 saturated heterocycles. The summed E-state index contributed by atoms with van der Waals surface area (Å²) >= 11 is 0. The SMILES string of the molecule is CNC(Cc1cnccc1N)C1(N(C)C)CCCCC1. The number of rotatable bonds is 5. The molecule has 0 amide bonds. The highest BCUT2D eigenvalue weighted by Crippen LogP contribution is 2.36. The van der Waals surface area contributed by atoms with Gasteiger partial charge >= 0.3 is 0 Å². The smallest absolute Gasteiger partial charge is 0.0378 e. The molecule has 1 aliphatic rings. The van der Waals surface area contributed by atoms with Gasteiger partial charge in [-0.25, -0.2) is 0 Å². The first kappa shape index (κ1) is 15.3. The number of nitrogens with one attached hydrogen (secondary N) is 1. The third-order valence-corrected chi connectivity index (χ3v) is 4.97. The molecule has 1 aliphatic carbocycles. The summed E-state index contributed by atoms with van der Waals surface area (Å²) in [5, 5.41) is 3.54. The van der Waals surface area contributed by atoms with Gasteiger partial charge in [0, 0.05) is 29.7 Å². The molecule has 20 heavy (non-hydrogen) atoms. The molecule has 0 radical (unpaired) electrons. The zero-order chi connectivity index (χ0) is 14.6. The second-order valence-corrected chi connectivity index (χ2v) is 6.18. The largest absolute Gasteiger partial charge is 0.398 e. The lowest BCUT2D eigenvalue weighted by Gasteiger charge is -2.48. The third-order valence-electron chi connectivity index (χ3n) is 4.97. The number of likely N-dealkylation sites (N-methyl/N-ethyl adjacent to an activating group) is 2. The molecule has 1 saturated carbocycles. The van der Waals surface area contributed by atoms with Crippen LogP contribution in [0.3, 0.4) is 0 Å². The van der Waals surface area contributed by atoms with Crippen molar-refractivity contribution in [2.24, 2.45) is 0 Å². The molecule has 3 N–H and O–H groups in total. The first-order valence-electron chi connectivity index (χ1n) is 7.63. The fourth-order valence-corrected chi connectivity index (χ4v) is 3.66. The van der Waals surface area contributed by atoms with Crippen molar-refractivity contribution in [2.75, 3.05) is 26.9 Å². The molecule has 1 aromatic heterocycles. The monoisotopic (exact) mass is 276 g/mol. The zero-order valence-electron chi connectivity index (χ0n) is 13.0. The molecule has 0 aromatic carbocycles. The van der Waals surface area contributed by atoms with Crippen molar-refractivity contribution in [1.29, 1.82) is 0 Å². The Labute approximate surface area is 122 Å². The van der Waals surface area contributed by atoms with E-state index in [0.29, 0.717) is 6.04 Å². The number of pyridine rings is 1. The van der Waals surface area contributed by atoms with E-state index < -0.39 is 0 Å². The number of nitrogen functional groups attached to an aromatic ring is 1. The molecule has 4 heteroatoms. The molecule has 0 spiro atoms. The van der Waals surface area contributed by atoms with Gasteiger partial charge in [-0.15, -0.1) is 0 Å². The van der Waals surface area contributed by atoms with Crippen LogP contribution < -0.4 is 11.1 Å². The molecule has 4 nitrogen and oxygen atoms in total. The number of anilines is 1. The van der Waals surface area contributed by atoms with Gasteiger partial charge in [0.05, 0.1) is 0 Å². The summed E-state index contributed by atoms with van der Waals surface area (Å²) in [5.74, 6) is 0. The molecular formula is C16H28N4. The maximum absolute atomic E-state index is 6.09. The number of hydrogen-bond acceptors (Lipinski definition) is 4. The van der Waals surface area contributed by atoms with E-state index in [9.17, 15) is 0 Å². The van der Waals surface area contributed by atoms with E-state index in [1.54, 1.807) is 6.20 Å². The number of aromatic nitrogens is 1. The standard InChI is InChI=1S/C16H28N4/c1-18-15(11-13-12-19-10-7-14(13)17)16(20(2)3)8-5-4-6-9-16/h7,10,12,15,18H,4-6,8-9,11H2,1-3H3,(H2,17,19). The van der Waals surface area contributed by atoms with Gasteiger partial charge in [0.2, 0.25) is 0 Å². The zero-order valence-corrected chi connectivity index (χ0v) is 13.0.